The van der Waals surface area contributed by atoms with Crippen LogP contribution in [0.1, 0.15) is 29.6 Å². The van der Waals surface area contributed by atoms with Crippen LogP contribution in [-0.4, -0.2) is 33.6 Å². The van der Waals surface area contributed by atoms with Crippen molar-refractivity contribution in [1.29, 1.82) is 0 Å². The Hall–Kier alpha value is -1.50. The van der Waals surface area contributed by atoms with Gasteiger partial charge < -0.3 is 4.90 Å². The van der Waals surface area contributed by atoms with Crippen LogP contribution in [0.3, 0.4) is 0 Å². The summed E-state index contributed by atoms with van der Waals surface area (Å²) in [6.45, 7) is 0.544. The van der Waals surface area contributed by atoms with E-state index in [-0.39, 0.29) is 17.3 Å². The van der Waals surface area contributed by atoms with Gasteiger partial charge in [-0.3, -0.25) is 14.9 Å². The summed E-state index contributed by atoms with van der Waals surface area (Å²) in [5, 5.41) is 11.6. The predicted octanol–water partition coefficient (Wildman–Crippen LogP) is 3.12. The van der Waals surface area contributed by atoms with E-state index in [9.17, 15) is 19.3 Å². The van der Waals surface area contributed by atoms with Crippen molar-refractivity contribution in [2.24, 2.45) is 0 Å². The number of hydrogen-bond acceptors (Lipinski definition) is 3. The van der Waals surface area contributed by atoms with Gasteiger partial charge in [-0.2, -0.15) is 0 Å². The van der Waals surface area contributed by atoms with E-state index in [4.69, 9.17) is 0 Å². The summed E-state index contributed by atoms with van der Waals surface area (Å²) in [6, 6.07) is 2.97. The Kier molecular flexibility index (Phi) is 4.69. The van der Waals surface area contributed by atoms with Gasteiger partial charge in [-0.25, -0.2) is 4.39 Å². The van der Waals surface area contributed by atoms with E-state index in [1.807, 2.05) is 0 Å². The molecule has 1 amide bonds. The Labute approximate surface area is 124 Å². The van der Waals surface area contributed by atoms with Crippen LogP contribution in [-0.2, 0) is 0 Å². The molecule has 1 unspecified atom stereocenters. The van der Waals surface area contributed by atoms with E-state index in [1.165, 1.54) is 0 Å². The average molecular weight is 345 g/mol. The number of nitro groups is 1. The van der Waals surface area contributed by atoms with Gasteiger partial charge in [0.05, 0.1) is 4.92 Å². The molecule has 0 N–H and O–H groups in total. The summed E-state index contributed by atoms with van der Waals surface area (Å²) in [5.74, 6) is -1.12. The summed E-state index contributed by atoms with van der Waals surface area (Å²) < 4.78 is 13.3. The van der Waals surface area contributed by atoms with Crippen LogP contribution >= 0.6 is 15.9 Å². The van der Waals surface area contributed by atoms with Crippen LogP contribution in [0.15, 0.2) is 18.2 Å². The first-order valence-corrected chi connectivity index (χ1v) is 7.47. The second-order valence-corrected chi connectivity index (χ2v) is 5.37. The fraction of sp³-hybridized carbons (Fsp3) is 0.462. The predicted molar refractivity (Wildman–Crippen MR) is 75.5 cm³/mol. The van der Waals surface area contributed by atoms with Crippen molar-refractivity contribution >= 4 is 27.5 Å². The number of hydrogen-bond donors (Lipinski definition) is 0. The largest absolute Gasteiger partial charge is 0.335 e. The second kappa shape index (κ2) is 6.30. The van der Waals surface area contributed by atoms with Gasteiger partial charge in [0.25, 0.3) is 11.6 Å². The highest BCUT2D eigenvalue weighted by atomic mass is 79.9. The topological polar surface area (TPSA) is 63.4 Å². The monoisotopic (exact) mass is 344 g/mol. The lowest BCUT2D eigenvalue weighted by atomic mass is 10.0. The zero-order valence-electron chi connectivity index (χ0n) is 10.7. The maximum absolute atomic E-state index is 13.3. The van der Waals surface area contributed by atoms with E-state index < -0.39 is 16.6 Å². The average Bonchev–Trinajstić information content (AvgIpc) is 2.46. The number of nitrogens with zero attached hydrogens (tertiary/aromatic N) is 2. The van der Waals surface area contributed by atoms with Gasteiger partial charge in [-0.1, -0.05) is 15.9 Å². The maximum atomic E-state index is 13.3. The molecule has 0 saturated carbocycles. The minimum absolute atomic E-state index is 0.000813. The third-order valence-corrected chi connectivity index (χ3v) is 4.20. The Bertz CT molecular complexity index is 538. The number of amides is 1. The second-order valence-electron chi connectivity index (χ2n) is 4.72. The summed E-state index contributed by atoms with van der Waals surface area (Å²) >= 11 is 3.35. The lowest BCUT2D eigenvalue weighted by Crippen LogP contribution is -2.44. The van der Waals surface area contributed by atoms with E-state index in [2.05, 4.69) is 15.9 Å². The molecule has 0 aromatic heterocycles. The summed E-state index contributed by atoms with van der Waals surface area (Å²) in [6.07, 6.45) is 2.73. The highest BCUT2D eigenvalue weighted by molar-refractivity contribution is 9.09. The van der Waals surface area contributed by atoms with E-state index in [0.29, 0.717) is 11.9 Å². The molecule has 1 aromatic rings. The molecule has 20 heavy (non-hydrogen) atoms. The minimum atomic E-state index is -0.653. The lowest BCUT2D eigenvalue weighted by Gasteiger charge is -2.34. The van der Waals surface area contributed by atoms with Crippen molar-refractivity contribution in [2.75, 3.05) is 11.9 Å². The van der Waals surface area contributed by atoms with E-state index >= 15 is 0 Å². The van der Waals surface area contributed by atoms with Gasteiger partial charge in [0.15, 0.2) is 0 Å². The number of rotatable bonds is 3. The highest BCUT2D eigenvalue weighted by Crippen LogP contribution is 2.26. The molecule has 1 saturated heterocycles. The molecule has 0 radical (unpaired) electrons. The number of carbonyl (C=O) groups excluding carboxylic acids is 1. The molecular formula is C13H14BrFN2O3. The Morgan fingerprint density at radius 1 is 1.50 bits per heavy atom. The molecule has 0 spiro atoms. The first kappa shape index (κ1) is 14.9. The van der Waals surface area contributed by atoms with Crippen molar-refractivity contribution in [3.05, 3.63) is 39.7 Å². The first-order valence-electron chi connectivity index (χ1n) is 6.35. The number of nitro benzene ring substituents is 1. The Morgan fingerprint density at radius 3 is 2.90 bits per heavy atom. The molecule has 108 valence electrons. The van der Waals surface area contributed by atoms with Gasteiger partial charge in [-0.15, -0.1) is 0 Å². The Balaban J connectivity index is 2.36. The fourth-order valence-electron chi connectivity index (χ4n) is 2.42. The Morgan fingerprint density at radius 2 is 2.25 bits per heavy atom. The molecule has 1 heterocycles. The van der Waals surface area contributed by atoms with Crippen LogP contribution in [0.2, 0.25) is 0 Å². The van der Waals surface area contributed by atoms with Crippen LogP contribution in [0.4, 0.5) is 10.1 Å². The molecular weight excluding hydrogens is 331 g/mol. The summed E-state index contributed by atoms with van der Waals surface area (Å²) in [5.41, 5.74) is -0.529. The van der Waals surface area contributed by atoms with Gasteiger partial charge >= 0.3 is 0 Å². The molecule has 1 fully saturated rings. The van der Waals surface area contributed by atoms with Crippen molar-refractivity contribution in [3.8, 4) is 0 Å². The smallest absolute Gasteiger partial charge is 0.282 e. The van der Waals surface area contributed by atoms with Gasteiger partial charge in [0.1, 0.15) is 11.4 Å². The summed E-state index contributed by atoms with van der Waals surface area (Å²) in [4.78, 5) is 24.4. The number of piperidine rings is 1. The normalized spacial score (nSPS) is 18.9. The standard InChI is InChI=1S/C13H14BrFN2O3/c14-8-10-3-1-2-6-16(10)13(18)11-7-9(15)4-5-12(11)17(19)20/h4-5,7,10H,1-3,6,8H2. The minimum Gasteiger partial charge on any atom is -0.335 e. The highest BCUT2D eigenvalue weighted by Gasteiger charge is 2.31. The molecule has 7 heteroatoms. The van der Waals surface area contributed by atoms with Crippen LogP contribution in [0, 0.1) is 15.9 Å². The van der Waals surface area contributed by atoms with Gasteiger partial charge in [-0.05, 0) is 31.4 Å². The molecule has 0 bridgehead atoms. The quantitative estimate of drug-likeness (QED) is 0.480. The van der Waals surface area contributed by atoms with Crippen molar-refractivity contribution in [2.45, 2.75) is 25.3 Å². The number of halogens is 2. The SMILES string of the molecule is O=C(c1cc(F)ccc1[N+](=O)[O-])N1CCCCC1CBr. The maximum Gasteiger partial charge on any atom is 0.282 e. The molecule has 2 rings (SSSR count). The number of carbonyl (C=O) groups is 1. The number of alkyl halides is 1. The molecule has 1 aromatic carbocycles. The number of benzene rings is 1. The van der Waals surface area contributed by atoms with E-state index in [0.717, 1.165) is 37.5 Å². The van der Waals surface area contributed by atoms with Crippen LogP contribution in [0.5, 0.6) is 0 Å². The van der Waals surface area contributed by atoms with Crippen molar-refractivity contribution < 1.29 is 14.1 Å². The summed E-state index contributed by atoms with van der Waals surface area (Å²) in [7, 11) is 0. The van der Waals surface area contributed by atoms with Gasteiger partial charge in [0.2, 0.25) is 0 Å². The third kappa shape index (κ3) is 2.98. The molecule has 0 aliphatic carbocycles. The lowest BCUT2D eigenvalue weighted by molar-refractivity contribution is -0.385. The fourth-order valence-corrected chi connectivity index (χ4v) is 3.10. The zero-order valence-corrected chi connectivity index (χ0v) is 12.3. The van der Waals surface area contributed by atoms with Crippen LogP contribution < -0.4 is 0 Å². The number of likely N-dealkylation sites (tertiary alicyclic amines) is 1. The van der Waals surface area contributed by atoms with Crippen molar-refractivity contribution in [3.63, 3.8) is 0 Å². The first-order chi connectivity index (χ1) is 9.54. The van der Waals surface area contributed by atoms with Gasteiger partial charge in [0, 0.05) is 24.0 Å². The molecule has 1 aliphatic rings. The van der Waals surface area contributed by atoms with E-state index in [1.54, 1.807) is 4.90 Å². The van der Waals surface area contributed by atoms with Crippen molar-refractivity contribution in [1.82, 2.24) is 4.90 Å². The molecule has 1 aliphatic heterocycles. The molecule has 5 nitrogen and oxygen atoms in total. The molecule has 1 atom stereocenters. The zero-order chi connectivity index (χ0) is 14.7. The van der Waals surface area contributed by atoms with Crippen LogP contribution in [0.25, 0.3) is 0 Å². The third-order valence-electron chi connectivity index (χ3n) is 3.45.